The molecule has 2 aliphatic heterocycles. The summed E-state index contributed by atoms with van der Waals surface area (Å²) in [5.41, 5.74) is 1.37. The average molecular weight is 372 g/mol. The van der Waals surface area contributed by atoms with E-state index in [0.29, 0.717) is 25.4 Å². The van der Waals surface area contributed by atoms with Crippen LogP contribution < -0.4 is 5.32 Å². The Bertz CT molecular complexity index is 764. The van der Waals surface area contributed by atoms with Gasteiger partial charge in [-0.2, -0.15) is 0 Å². The van der Waals surface area contributed by atoms with E-state index in [1.54, 1.807) is 25.1 Å². The molecule has 3 rings (SSSR count). The van der Waals surface area contributed by atoms with Crippen LogP contribution in [0.2, 0.25) is 0 Å². The summed E-state index contributed by atoms with van der Waals surface area (Å²) in [4.78, 5) is 42.1. The molecule has 27 heavy (non-hydrogen) atoms. The van der Waals surface area contributed by atoms with E-state index in [9.17, 15) is 14.4 Å². The fourth-order valence-corrected chi connectivity index (χ4v) is 3.52. The van der Waals surface area contributed by atoms with Crippen molar-refractivity contribution in [2.24, 2.45) is 5.92 Å². The zero-order valence-electron chi connectivity index (χ0n) is 15.7. The summed E-state index contributed by atoms with van der Waals surface area (Å²) in [5.74, 6) is -1.16. The SMILES string of the molecule is COCCN1C(C(=O)NCc2ccccc2)=CC2C(=O)N(C)C(=O)N(C)C21. The second-order valence-electron chi connectivity index (χ2n) is 6.64. The van der Waals surface area contributed by atoms with Gasteiger partial charge >= 0.3 is 6.03 Å². The van der Waals surface area contributed by atoms with E-state index in [1.165, 1.54) is 11.9 Å². The maximum Gasteiger partial charge on any atom is 0.327 e. The number of methoxy groups -OCH3 is 1. The smallest absolute Gasteiger partial charge is 0.327 e. The second kappa shape index (κ2) is 7.79. The highest BCUT2D eigenvalue weighted by Crippen LogP contribution is 2.34. The molecule has 0 saturated carbocycles. The van der Waals surface area contributed by atoms with Gasteiger partial charge in [0.15, 0.2) is 0 Å². The highest BCUT2D eigenvalue weighted by molar-refractivity contribution is 6.02. The molecule has 2 atom stereocenters. The van der Waals surface area contributed by atoms with Gasteiger partial charge in [0, 0.05) is 34.3 Å². The number of nitrogens with zero attached hydrogens (tertiary/aromatic N) is 3. The van der Waals surface area contributed by atoms with Crippen molar-refractivity contribution in [1.82, 2.24) is 20.0 Å². The van der Waals surface area contributed by atoms with Crippen molar-refractivity contribution in [3.8, 4) is 0 Å². The number of rotatable bonds is 6. The lowest BCUT2D eigenvalue weighted by molar-refractivity contribution is -0.137. The summed E-state index contributed by atoms with van der Waals surface area (Å²) < 4.78 is 5.15. The van der Waals surface area contributed by atoms with Crippen LogP contribution in [0.3, 0.4) is 0 Å². The fraction of sp³-hybridized carbons (Fsp3) is 0.421. The quantitative estimate of drug-likeness (QED) is 0.791. The van der Waals surface area contributed by atoms with Gasteiger partial charge in [0.25, 0.3) is 5.91 Å². The summed E-state index contributed by atoms with van der Waals surface area (Å²) in [6.07, 6.45) is 1.14. The lowest BCUT2D eigenvalue weighted by Crippen LogP contribution is -2.62. The van der Waals surface area contributed by atoms with E-state index in [1.807, 2.05) is 30.3 Å². The first-order valence-corrected chi connectivity index (χ1v) is 8.79. The van der Waals surface area contributed by atoms with Gasteiger partial charge in [0.05, 0.1) is 12.5 Å². The first kappa shape index (κ1) is 18.9. The Labute approximate surface area is 158 Å². The number of nitrogens with one attached hydrogen (secondary N) is 1. The minimum atomic E-state index is -0.577. The van der Waals surface area contributed by atoms with Crippen LogP contribution in [-0.4, -0.2) is 73.1 Å². The van der Waals surface area contributed by atoms with Crippen LogP contribution >= 0.6 is 0 Å². The molecule has 4 amide bonds. The molecule has 0 aliphatic carbocycles. The Morgan fingerprint density at radius 2 is 1.89 bits per heavy atom. The Morgan fingerprint density at radius 3 is 2.56 bits per heavy atom. The summed E-state index contributed by atoms with van der Waals surface area (Å²) >= 11 is 0. The van der Waals surface area contributed by atoms with Gasteiger partial charge in [-0.05, 0) is 11.6 Å². The van der Waals surface area contributed by atoms with E-state index in [4.69, 9.17) is 4.74 Å². The van der Waals surface area contributed by atoms with Gasteiger partial charge in [0.2, 0.25) is 5.91 Å². The maximum absolute atomic E-state index is 12.8. The molecule has 1 aromatic rings. The number of hydrogen-bond donors (Lipinski definition) is 1. The molecule has 1 fully saturated rings. The number of carbonyl (C=O) groups excluding carboxylic acids is 3. The minimum absolute atomic E-state index is 0.277. The maximum atomic E-state index is 12.8. The van der Waals surface area contributed by atoms with Crippen molar-refractivity contribution in [1.29, 1.82) is 0 Å². The molecular formula is C19H24N4O4. The van der Waals surface area contributed by atoms with Crippen LogP contribution in [0, 0.1) is 5.92 Å². The summed E-state index contributed by atoms with van der Waals surface area (Å²) in [7, 11) is 4.67. The fourth-order valence-electron chi connectivity index (χ4n) is 3.52. The standard InChI is InChI=1S/C19H24N4O4/c1-21-17-14(18(25)22(2)19(21)26)11-15(23(17)9-10-27-3)16(24)20-12-13-7-5-4-6-8-13/h4-8,11,14,17H,9-10,12H2,1-3H3,(H,20,24). The number of benzene rings is 1. The van der Waals surface area contributed by atoms with Crippen molar-refractivity contribution < 1.29 is 19.1 Å². The second-order valence-corrected chi connectivity index (χ2v) is 6.64. The van der Waals surface area contributed by atoms with Crippen molar-refractivity contribution in [2.75, 3.05) is 34.4 Å². The van der Waals surface area contributed by atoms with Gasteiger partial charge < -0.3 is 19.9 Å². The lowest BCUT2D eigenvalue weighted by atomic mass is 10.0. The summed E-state index contributed by atoms with van der Waals surface area (Å²) in [6, 6.07) is 9.20. The van der Waals surface area contributed by atoms with Crippen molar-refractivity contribution in [3.05, 3.63) is 47.7 Å². The molecule has 144 valence electrons. The van der Waals surface area contributed by atoms with Crippen LogP contribution in [-0.2, 0) is 20.9 Å². The van der Waals surface area contributed by atoms with Crippen LogP contribution in [0.15, 0.2) is 42.1 Å². The lowest BCUT2D eigenvalue weighted by Gasteiger charge is -2.43. The third-order valence-electron chi connectivity index (χ3n) is 4.95. The first-order valence-electron chi connectivity index (χ1n) is 8.79. The zero-order chi connectivity index (χ0) is 19.6. The van der Waals surface area contributed by atoms with Gasteiger partial charge in [-0.25, -0.2) is 4.79 Å². The Hall–Kier alpha value is -2.87. The Balaban J connectivity index is 1.82. The minimum Gasteiger partial charge on any atom is -0.383 e. The van der Waals surface area contributed by atoms with E-state index in [2.05, 4.69) is 5.32 Å². The number of imide groups is 1. The molecular weight excluding hydrogens is 348 g/mol. The molecule has 0 radical (unpaired) electrons. The van der Waals surface area contributed by atoms with E-state index >= 15 is 0 Å². The predicted octanol–water partition coefficient (Wildman–Crippen LogP) is 0.615. The number of carbonyl (C=O) groups is 3. The van der Waals surface area contributed by atoms with Crippen molar-refractivity contribution in [2.45, 2.75) is 12.7 Å². The molecule has 1 N–H and O–H groups in total. The highest BCUT2D eigenvalue weighted by Gasteiger charge is 2.50. The third-order valence-corrected chi connectivity index (χ3v) is 4.95. The van der Waals surface area contributed by atoms with E-state index in [0.717, 1.165) is 10.5 Å². The van der Waals surface area contributed by atoms with Crippen molar-refractivity contribution in [3.63, 3.8) is 0 Å². The van der Waals surface area contributed by atoms with Gasteiger partial charge in [-0.1, -0.05) is 30.3 Å². The summed E-state index contributed by atoms with van der Waals surface area (Å²) in [6.45, 7) is 1.16. The highest BCUT2D eigenvalue weighted by atomic mass is 16.5. The monoisotopic (exact) mass is 372 g/mol. The van der Waals surface area contributed by atoms with E-state index in [-0.39, 0.29) is 17.8 Å². The van der Waals surface area contributed by atoms with Crippen molar-refractivity contribution >= 4 is 17.8 Å². The molecule has 8 nitrogen and oxygen atoms in total. The number of fused-ring (bicyclic) bond motifs is 1. The largest absolute Gasteiger partial charge is 0.383 e. The van der Waals surface area contributed by atoms with Gasteiger partial charge in [0.1, 0.15) is 11.9 Å². The first-order chi connectivity index (χ1) is 13.0. The topological polar surface area (TPSA) is 82.2 Å². The van der Waals surface area contributed by atoms with Crippen LogP contribution in [0.4, 0.5) is 4.79 Å². The molecule has 8 heteroatoms. The Morgan fingerprint density at radius 1 is 1.19 bits per heavy atom. The molecule has 0 bridgehead atoms. The normalized spacial score (nSPS) is 22.0. The number of hydrogen-bond acceptors (Lipinski definition) is 5. The molecule has 2 heterocycles. The zero-order valence-corrected chi connectivity index (χ0v) is 15.7. The third kappa shape index (κ3) is 3.52. The van der Waals surface area contributed by atoms with Crippen LogP contribution in [0.5, 0.6) is 0 Å². The molecule has 2 unspecified atom stereocenters. The van der Waals surface area contributed by atoms with Gasteiger partial charge in [-0.3, -0.25) is 14.5 Å². The molecule has 1 saturated heterocycles. The predicted molar refractivity (Wildman–Crippen MR) is 98.2 cm³/mol. The summed E-state index contributed by atoms with van der Waals surface area (Å²) in [5, 5.41) is 2.89. The molecule has 0 aromatic heterocycles. The number of amides is 4. The molecule has 2 aliphatic rings. The van der Waals surface area contributed by atoms with Gasteiger partial charge in [-0.15, -0.1) is 0 Å². The average Bonchev–Trinajstić information content (AvgIpc) is 3.07. The number of urea groups is 1. The molecule has 1 aromatic carbocycles. The van der Waals surface area contributed by atoms with Crippen LogP contribution in [0.25, 0.3) is 0 Å². The molecule has 0 spiro atoms. The Kier molecular flexibility index (Phi) is 5.46. The number of ether oxygens (including phenoxy) is 1. The van der Waals surface area contributed by atoms with Crippen LogP contribution in [0.1, 0.15) is 5.56 Å². The van der Waals surface area contributed by atoms with E-state index < -0.39 is 12.1 Å².